The SMILES string of the molecule is CC(=O)Nc1ccc(S(=O)(=O)N(CC(=O)N/N=C/c2ccc(C(C)(C)C)cc2)Cc2ccccc2)cc1. The molecule has 0 spiro atoms. The smallest absolute Gasteiger partial charge is 0.255 e. The van der Waals surface area contributed by atoms with Crippen LogP contribution in [0.5, 0.6) is 0 Å². The van der Waals surface area contributed by atoms with Crippen LogP contribution in [0.15, 0.2) is 88.9 Å². The van der Waals surface area contributed by atoms with Crippen molar-refractivity contribution in [1.82, 2.24) is 9.73 Å². The molecule has 194 valence electrons. The molecule has 0 aliphatic rings. The van der Waals surface area contributed by atoms with Gasteiger partial charge in [-0.15, -0.1) is 0 Å². The summed E-state index contributed by atoms with van der Waals surface area (Å²) < 4.78 is 28.0. The van der Waals surface area contributed by atoms with Crippen molar-refractivity contribution in [2.75, 3.05) is 11.9 Å². The molecule has 9 heteroatoms. The quantitative estimate of drug-likeness (QED) is 0.324. The van der Waals surface area contributed by atoms with Gasteiger partial charge >= 0.3 is 0 Å². The molecule has 0 aromatic heterocycles. The van der Waals surface area contributed by atoms with Crippen molar-refractivity contribution in [3.05, 3.63) is 95.6 Å². The summed E-state index contributed by atoms with van der Waals surface area (Å²) in [5, 5.41) is 6.61. The Hall–Kier alpha value is -3.82. The highest BCUT2D eigenvalue weighted by molar-refractivity contribution is 7.89. The van der Waals surface area contributed by atoms with Gasteiger partial charge in [-0.25, -0.2) is 13.8 Å². The van der Waals surface area contributed by atoms with Crippen LogP contribution in [0.4, 0.5) is 5.69 Å². The number of anilines is 1. The summed E-state index contributed by atoms with van der Waals surface area (Å²) in [6.07, 6.45) is 1.52. The maximum absolute atomic E-state index is 13.4. The molecule has 0 unspecified atom stereocenters. The van der Waals surface area contributed by atoms with E-state index >= 15 is 0 Å². The molecule has 2 amide bonds. The Morgan fingerprint density at radius 1 is 0.919 bits per heavy atom. The molecule has 0 bridgehead atoms. The number of hydrazone groups is 1. The number of amides is 2. The van der Waals surface area contributed by atoms with Crippen LogP contribution in [0.1, 0.15) is 44.4 Å². The van der Waals surface area contributed by atoms with Gasteiger partial charge in [0.1, 0.15) is 0 Å². The second kappa shape index (κ2) is 11.9. The fraction of sp³-hybridized carbons (Fsp3) is 0.250. The molecule has 37 heavy (non-hydrogen) atoms. The minimum absolute atomic E-state index is 0.00200. The van der Waals surface area contributed by atoms with Crippen LogP contribution in [0.2, 0.25) is 0 Å². The molecule has 2 N–H and O–H groups in total. The summed E-state index contributed by atoms with van der Waals surface area (Å²) in [6, 6.07) is 22.7. The summed E-state index contributed by atoms with van der Waals surface area (Å²) in [5.41, 5.74) is 5.65. The highest BCUT2D eigenvalue weighted by Crippen LogP contribution is 2.22. The lowest BCUT2D eigenvalue weighted by atomic mass is 9.87. The number of nitrogens with one attached hydrogen (secondary N) is 2. The Morgan fingerprint density at radius 2 is 1.54 bits per heavy atom. The monoisotopic (exact) mass is 520 g/mol. The van der Waals surface area contributed by atoms with Crippen LogP contribution in [0.3, 0.4) is 0 Å². The largest absolute Gasteiger partial charge is 0.326 e. The van der Waals surface area contributed by atoms with E-state index in [2.05, 4.69) is 36.6 Å². The number of sulfonamides is 1. The van der Waals surface area contributed by atoms with Crippen molar-refractivity contribution in [2.45, 2.75) is 44.6 Å². The van der Waals surface area contributed by atoms with Crippen LogP contribution in [-0.4, -0.2) is 37.3 Å². The molecule has 3 aromatic carbocycles. The zero-order valence-corrected chi connectivity index (χ0v) is 22.2. The summed E-state index contributed by atoms with van der Waals surface area (Å²) in [6.45, 7) is 7.33. The second-order valence-corrected chi connectivity index (χ2v) is 11.6. The molecule has 0 aliphatic heterocycles. The van der Waals surface area contributed by atoms with Gasteiger partial charge in [0.25, 0.3) is 5.91 Å². The molecule has 0 heterocycles. The minimum Gasteiger partial charge on any atom is -0.326 e. The normalized spacial score (nSPS) is 12.0. The molecular weight excluding hydrogens is 488 g/mol. The van der Waals surface area contributed by atoms with Crippen molar-refractivity contribution in [2.24, 2.45) is 5.10 Å². The fourth-order valence-electron chi connectivity index (χ4n) is 3.52. The predicted molar refractivity (Wildman–Crippen MR) is 146 cm³/mol. The van der Waals surface area contributed by atoms with Gasteiger partial charge in [0.2, 0.25) is 15.9 Å². The molecule has 0 radical (unpaired) electrons. The van der Waals surface area contributed by atoms with Gasteiger partial charge in [-0.1, -0.05) is 75.4 Å². The van der Waals surface area contributed by atoms with E-state index in [1.807, 2.05) is 30.3 Å². The van der Waals surface area contributed by atoms with Crippen LogP contribution < -0.4 is 10.7 Å². The number of benzene rings is 3. The highest BCUT2D eigenvalue weighted by Gasteiger charge is 2.27. The van der Waals surface area contributed by atoms with Crippen LogP contribution >= 0.6 is 0 Å². The predicted octanol–water partition coefficient (Wildman–Crippen LogP) is 4.28. The molecule has 0 aliphatic carbocycles. The van der Waals surface area contributed by atoms with Gasteiger partial charge in [-0.05, 0) is 46.4 Å². The van der Waals surface area contributed by atoms with E-state index < -0.39 is 22.5 Å². The van der Waals surface area contributed by atoms with Crippen molar-refractivity contribution >= 4 is 33.7 Å². The van der Waals surface area contributed by atoms with E-state index in [4.69, 9.17) is 0 Å². The summed E-state index contributed by atoms with van der Waals surface area (Å²) >= 11 is 0. The number of hydrogen-bond acceptors (Lipinski definition) is 5. The van der Waals surface area contributed by atoms with E-state index in [1.165, 1.54) is 43.0 Å². The first-order valence-electron chi connectivity index (χ1n) is 11.8. The molecule has 0 saturated carbocycles. The van der Waals surface area contributed by atoms with Gasteiger partial charge in [0, 0.05) is 19.2 Å². The Morgan fingerprint density at radius 3 is 2.11 bits per heavy atom. The van der Waals surface area contributed by atoms with Gasteiger partial charge < -0.3 is 5.32 Å². The minimum atomic E-state index is -4.03. The summed E-state index contributed by atoms with van der Waals surface area (Å²) in [4.78, 5) is 24.0. The van der Waals surface area contributed by atoms with Crippen molar-refractivity contribution in [3.8, 4) is 0 Å². The molecular formula is C28H32N4O4S. The standard InChI is InChI=1S/C28H32N4O4S/c1-21(33)30-25-14-16-26(17-15-25)37(35,36)32(19-23-8-6-5-7-9-23)20-27(34)31-29-18-22-10-12-24(13-11-22)28(2,3)4/h5-18H,19-20H2,1-4H3,(H,30,33)(H,31,34)/b29-18+. The van der Waals surface area contributed by atoms with E-state index in [0.29, 0.717) is 5.69 Å². The average Bonchev–Trinajstić information content (AvgIpc) is 2.84. The van der Waals surface area contributed by atoms with Gasteiger partial charge in [-0.3, -0.25) is 9.59 Å². The molecule has 8 nitrogen and oxygen atoms in total. The number of carbonyl (C=O) groups is 2. The van der Waals surface area contributed by atoms with E-state index in [-0.39, 0.29) is 22.8 Å². The Balaban J connectivity index is 1.75. The van der Waals surface area contributed by atoms with Crippen molar-refractivity contribution < 1.29 is 18.0 Å². The first-order chi connectivity index (χ1) is 17.4. The highest BCUT2D eigenvalue weighted by atomic mass is 32.2. The van der Waals surface area contributed by atoms with Crippen LogP contribution in [-0.2, 0) is 31.6 Å². The Kier molecular flexibility index (Phi) is 8.96. The third kappa shape index (κ3) is 8.09. The average molecular weight is 521 g/mol. The van der Waals surface area contributed by atoms with Crippen molar-refractivity contribution in [3.63, 3.8) is 0 Å². The first kappa shape index (κ1) is 27.8. The summed E-state index contributed by atoms with van der Waals surface area (Å²) in [7, 11) is -4.03. The molecule has 3 aromatic rings. The van der Waals surface area contributed by atoms with Crippen LogP contribution in [0, 0.1) is 0 Å². The number of rotatable bonds is 9. The van der Waals surface area contributed by atoms with Gasteiger partial charge in [0.15, 0.2) is 0 Å². The van der Waals surface area contributed by atoms with E-state index in [1.54, 1.807) is 24.3 Å². The zero-order chi connectivity index (χ0) is 27.1. The van der Waals surface area contributed by atoms with E-state index in [0.717, 1.165) is 15.4 Å². The Labute approximate surface area is 218 Å². The molecule has 3 rings (SSSR count). The molecule has 0 saturated heterocycles. The molecule has 0 fully saturated rings. The maximum atomic E-state index is 13.4. The number of carbonyl (C=O) groups excluding carboxylic acids is 2. The third-order valence-corrected chi connectivity index (χ3v) is 7.32. The zero-order valence-electron chi connectivity index (χ0n) is 21.4. The lowest BCUT2D eigenvalue weighted by molar-refractivity contribution is -0.121. The van der Waals surface area contributed by atoms with Crippen molar-refractivity contribution in [1.29, 1.82) is 0 Å². The first-order valence-corrected chi connectivity index (χ1v) is 13.2. The maximum Gasteiger partial charge on any atom is 0.255 e. The third-order valence-electron chi connectivity index (χ3n) is 5.51. The van der Waals surface area contributed by atoms with Gasteiger partial charge in [-0.2, -0.15) is 9.41 Å². The lowest BCUT2D eigenvalue weighted by Crippen LogP contribution is -2.39. The number of hydrogen-bond donors (Lipinski definition) is 2. The van der Waals surface area contributed by atoms with Crippen LogP contribution in [0.25, 0.3) is 0 Å². The molecule has 0 atom stereocenters. The topological polar surface area (TPSA) is 108 Å². The van der Waals surface area contributed by atoms with Gasteiger partial charge in [0.05, 0.1) is 17.7 Å². The lowest BCUT2D eigenvalue weighted by Gasteiger charge is -2.21. The fourth-order valence-corrected chi connectivity index (χ4v) is 4.90. The second-order valence-electron chi connectivity index (χ2n) is 9.63. The van der Waals surface area contributed by atoms with E-state index in [9.17, 15) is 18.0 Å². The Bertz CT molecular complexity index is 1350. The number of nitrogens with zero attached hydrogens (tertiary/aromatic N) is 2. The summed E-state index contributed by atoms with van der Waals surface area (Å²) in [5.74, 6) is -0.833.